The van der Waals surface area contributed by atoms with Gasteiger partial charge in [0.1, 0.15) is 17.3 Å². The van der Waals surface area contributed by atoms with Crippen LogP contribution in [0.3, 0.4) is 0 Å². The van der Waals surface area contributed by atoms with Crippen LogP contribution in [0.15, 0.2) is 58.2 Å². The zero-order valence-corrected chi connectivity index (χ0v) is 22.1. The average Bonchev–Trinajstić information content (AvgIpc) is 3.32. The lowest BCUT2D eigenvalue weighted by Gasteiger charge is -2.14. The number of benzene rings is 2. The van der Waals surface area contributed by atoms with E-state index in [4.69, 9.17) is 30.3 Å². The van der Waals surface area contributed by atoms with Crippen molar-refractivity contribution in [2.45, 2.75) is 6.92 Å². The van der Waals surface area contributed by atoms with E-state index in [-0.39, 0.29) is 11.7 Å². The lowest BCUT2D eigenvalue weighted by Crippen LogP contribution is -2.22. The summed E-state index contributed by atoms with van der Waals surface area (Å²) < 4.78 is 22.0. The Kier molecular flexibility index (Phi) is 8.36. The van der Waals surface area contributed by atoms with E-state index in [1.807, 2.05) is 6.07 Å². The third-order valence-electron chi connectivity index (χ3n) is 5.07. The maximum atomic E-state index is 11.8. The third kappa shape index (κ3) is 6.43. The molecule has 0 saturated carbocycles. The third-order valence-corrected chi connectivity index (χ3v) is 6.25. The fourth-order valence-electron chi connectivity index (χ4n) is 3.25. The van der Waals surface area contributed by atoms with Crippen molar-refractivity contribution < 1.29 is 23.5 Å². The number of carbonyl (C=O) groups is 1. The van der Waals surface area contributed by atoms with Crippen molar-refractivity contribution in [2.24, 2.45) is 4.99 Å². The molecule has 37 heavy (non-hydrogen) atoms. The lowest BCUT2D eigenvalue weighted by atomic mass is 10.2. The summed E-state index contributed by atoms with van der Waals surface area (Å²) >= 11 is 7.78. The molecule has 0 spiro atoms. The van der Waals surface area contributed by atoms with Gasteiger partial charge in [0, 0.05) is 36.8 Å². The molecule has 2 aromatic carbocycles. The maximum absolute atomic E-state index is 11.8. The Balaban J connectivity index is 1.58. The van der Waals surface area contributed by atoms with E-state index < -0.39 is 0 Å². The second-order valence-corrected chi connectivity index (χ2v) is 8.95. The van der Waals surface area contributed by atoms with Gasteiger partial charge in [0.15, 0.2) is 22.5 Å². The summed E-state index contributed by atoms with van der Waals surface area (Å²) in [6, 6.07) is 12.2. The van der Waals surface area contributed by atoms with E-state index in [0.717, 1.165) is 5.39 Å². The van der Waals surface area contributed by atoms with Gasteiger partial charge < -0.3 is 29.4 Å². The van der Waals surface area contributed by atoms with Crippen molar-refractivity contribution >= 4 is 56.8 Å². The Bertz CT molecular complexity index is 1460. The van der Waals surface area contributed by atoms with Crippen LogP contribution in [-0.2, 0) is 4.79 Å². The highest BCUT2D eigenvalue weighted by molar-refractivity contribution is 8.14. The standard InChI is InChI=1S/C25H24ClN5O5S/c1-14-9-23(31-36-14)30-25(37-13-24(32)27-2)29-18-6-5-15(10-17(18)26)35-20-7-8-28-19-12-22(34-4)21(33-3)11-16(19)20/h5-12H,13H2,1-4H3,(H,27,32)(H,29,30,31). The topological polar surface area (TPSA) is 120 Å². The normalized spacial score (nSPS) is 11.3. The maximum Gasteiger partial charge on any atom is 0.230 e. The van der Waals surface area contributed by atoms with Gasteiger partial charge in [0.2, 0.25) is 5.91 Å². The van der Waals surface area contributed by atoms with Crippen molar-refractivity contribution in [3.63, 3.8) is 0 Å². The molecule has 0 aliphatic rings. The molecular formula is C25H24ClN5O5S. The number of hydrogen-bond donors (Lipinski definition) is 2. The number of carbonyl (C=O) groups excluding carboxylic acids is 1. The summed E-state index contributed by atoms with van der Waals surface area (Å²) in [6.45, 7) is 1.77. The summed E-state index contributed by atoms with van der Waals surface area (Å²) in [5.41, 5.74) is 1.26. The van der Waals surface area contributed by atoms with Crippen LogP contribution in [0.1, 0.15) is 5.76 Å². The summed E-state index contributed by atoms with van der Waals surface area (Å²) in [6.07, 6.45) is 1.65. The smallest absolute Gasteiger partial charge is 0.230 e. The Labute approximate surface area is 222 Å². The van der Waals surface area contributed by atoms with Gasteiger partial charge in [0.05, 0.1) is 36.2 Å². The number of ether oxygens (including phenoxy) is 3. The van der Waals surface area contributed by atoms with Crippen LogP contribution in [0.2, 0.25) is 5.02 Å². The first-order chi connectivity index (χ1) is 17.9. The molecule has 0 aliphatic carbocycles. The van der Waals surface area contributed by atoms with E-state index >= 15 is 0 Å². The Morgan fingerprint density at radius 3 is 2.57 bits per heavy atom. The number of aromatic nitrogens is 2. The van der Waals surface area contributed by atoms with Crippen LogP contribution in [0.25, 0.3) is 10.9 Å². The van der Waals surface area contributed by atoms with E-state index in [1.165, 1.54) is 11.8 Å². The zero-order valence-electron chi connectivity index (χ0n) is 20.5. The number of amidine groups is 1. The Morgan fingerprint density at radius 1 is 1.11 bits per heavy atom. The predicted octanol–water partition coefficient (Wildman–Crippen LogP) is 5.57. The molecule has 0 saturated heterocycles. The van der Waals surface area contributed by atoms with Crippen LogP contribution in [-0.4, -0.2) is 48.2 Å². The van der Waals surface area contributed by atoms with Crippen molar-refractivity contribution in [1.29, 1.82) is 0 Å². The van der Waals surface area contributed by atoms with Crippen molar-refractivity contribution in [2.75, 3.05) is 32.3 Å². The van der Waals surface area contributed by atoms with E-state index in [1.54, 1.807) is 70.8 Å². The Morgan fingerprint density at radius 2 is 1.89 bits per heavy atom. The molecule has 2 aromatic heterocycles. The second kappa shape index (κ2) is 11.8. The number of aliphatic imine (C=N–C) groups is 1. The van der Waals surface area contributed by atoms with E-state index in [2.05, 4.69) is 25.8 Å². The molecule has 10 nitrogen and oxygen atoms in total. The van der Waals surface area contributed by atoms with Gasteiger partial charge in [-0.3, -0.25) is 9.78 Å². The molecule has 0 aliphatic heterocycles. The highest BCUT2D eigenvalue weighted by atomic mass is 35.5. The Hall–Kier alpha value is -3.96. The number of rotatable bonds is 8. The van der Waals surface area contributed by atoms with Gasteiger partial charge in [-0.15, -0.1) is 0 Å². The van der Waals surface area contributed by atoms with E-state index in [9.17, 15) is 4.79 Å². The molecule has 12 heteroatoms. The molecule has 0 radical (unpaired) electrons. The number of nitrogens with zero attached hydrogens (tertiary/aromatic N) is 3. The fraction of sp³-hybridized carbons (Fsp3) is 0.200. The number of fused-ring (bicyclic) bond motifs is 1. The predicted molar refractivity (Wildman–Crippen MR) is 145 cm³/mol. The largest absolute Gasteiger partial charge is 0.493 e. The van der Waals surface area contributed by atoms with Gasteiger partial charge in [-0.05, 0) is 31.2 Å². The molecule has 0 bridgehead atoms. The van der Waals surface area contributed by atoms with Crippen LogP contribution in [0, 0.1) is 6.92 Å². The minimum Gasteiger partial charge on any atom is -0.493 e. The number of methoxy groups -OCH3 is 2. The number of hydrogen-bond acceptors (Lipinski definition) is 9. The van der Waals surface area contributed by atoms with Crippen molar-refractivity contribution in [3.05, 3.63) is 59.4 Å². The highest BCUT2D eigenvalue weighted by Gasteiger charge is 2.14. The van der Waals surface area contributed by atoms with Gasteiger partial charge in [-0.25, -0.2) is 4.99 Å². The summed E-state index contributed by atoms with van der Waals surface area (Å²) in [5.74, 6) is 3.23. The summed E-state index contributed by atoms with van der Waals surface area (Å²) in [7, 11) is 4.71. The summed E-state index contributed by atoms with van der Waals surface area (Å²) in [5, 5.41) is 11.2. The first kappa shape index (κ1) is 26.1. The van der Waals surface area contributed by atoms with Crippen molar-refractivity contribution in [1.82, 2.24) is 15.5 Å². The van der Waals surface area contributed by atoms with Crippen molar-refractivity contribution in [3.8, 4) is 23.0 Å². The molecule has 0 atom stereocenters. The minimum atomic E-state index is -0.149. The van der Waals surface area contributed by atoms with Crippen LogP contribution in [0.5, 0.6) is 23.0 Å². The quantitative estimate of drug-likeness (QED) is 0.218. The molecule has 2 heterocycles. The van der Waals surface area contributed by atoms with Gasteiger partial charge in [-0.1, -0.05) is 28.5 Å². The molecule has 4 aromatic rings. The van der Waals surface area contributed by atoms with E-state index in [0.29, 0.717) is 56.0 Å². The molecular weight excluding hydrogens is 518 g/mol. The summed E-state index contributed by atoms with van der Waals surface area (Å²) in [4.78, 5) is 20.6. The number of halogens is 1. The number of nitrogens with one attached hydrogen (secondary N) is 2. The fourth-order valence-corrected chi connectivity index (χ4v) is 4.22. The highest BCUT2D eigenvalue weighted by Crippen LogP contribution is 2.38. The number of aryl methyl sites for hydroxylation is 1. The first-order valence-corrected chi connectivity index (χ1v) is 12.4. The number of anilines is 1. The SMILES string of the molecule is CNC(=O)CS/C(=N\c1cc(C)on1)Nc1ccc(Oc2ccnc3cc(OC)c(OC)cc23)cc1Cl. The first-order valence-electron chi connectivity index (χ1n) is 11.0. The van der Waals surface area contributed by atoms with Crippen LogP contribution < -0.4 is 24.8 Å². The molecule has 0 unspecified atom stereocenters. The van der Waals surface area contributed by atoms with Gasteiger partial charge in [0.25, 0.3) is 0 Å². The van der Waals surface area contributed by atoms with Gasteiger partial charge >= 0.3 is 0 Å². The number of thioether (sulfide) groups is 1. The molecule has 0 fully saturated rings. The lowest BCUT2D eigenvalue weighted by molar-refractivity contribution is -0.118. The zero-order chi connectivity index (χ0) is 26.4. The molecule has 192 valence electrons. The second-order valence-electron chi connectivity index (χ2n) is 7.58. The monoisotopic (exact) mass is 541 g/mol. The average molecular weight is 542 g/mol. The number of amides is 1. The minimum absolute atomic E-state index is 0.149. The molecule has 1 amide bonds. The number of pyridine rings is 1. The van der Waals surface area contributed by atoms with Gasteiger partial charge in [-0.2, -0.15) is 0 Å². The van der Waals surface area contributed by atoms with Crippen LogP contribution >= 0.6 is 23.4 Å². The van der Waals surface area contributed by atoms with Crippen LogP contribution in [0.4, 0.5) is 11.5 Å². The molecule has 2 N–H and O–H groups in total. The molecule has 4 rings (SSSR count).